The third-order valence-corrected chi connectivity index (χ3v) is 1.96. The molecule has 10 heavy (non-hydrogen) atoms. The number of hydrogen-bond donors (Lipinski definition) is 2. The minimum atomic E-state index is 0.794. The van der Waals surface area contributed by atoms with Gasteiger partial charge in [0.2, 0.25) is 0 Å². The quantitative estimate of drug-likeness (QED) is 0.550. The van der Waals surface area contributed by atoms with Gasteiger partial charge in [-0.2, -0.15) is 0 Å². The maximum atomic E-state index is 4.24. The molecular weight excluding hydrogens is 144 g/mol. The molecule has 1 aliphatic heterocycles. The Morgan fingerprint density at radius 2 is 2.20 bits per heavy atom. The molecule has 0 aliphatic carbocycles. The van der Waals surface area contributed by atoms with Crippen LogP contribution in [0.1, 0.15) is 0 Å². The minimum Gasteiger partial charge on any atom is -0.365 e. The van der Waals surface area contributed by atoms with Crippen molar-refractivity contribution in [2.45, 2.75) is 0 Å². The molecule has 0 spiro atoms. The summed E-state index contributed by atoms with van der Waals surface area (Å²) in [4.78, 5) is 0. The van der Waals surface area contributed by atoms with Crippen LogP contribution in [0, 0.1) is 0 Å². The zero-order valence-corrected chi connectivity index (χ0v) is 6.31. The van der Waals surface area contributed by atoms with Gasteiger partial charge in [0.25, 0.3) is 0 Å². The van der Waals surface area contributed by atoms with Gasteiger partial charge >= 0.3 is 0 Å². The summed E-state index contributed by atoms with van der Waals surface area (Å²) in [6.45, 7) is 0.794. The van der Waals surface area contributed by atoms with Gasteiger partial charge in [0, 0.05) is 0 Å². The molecule has 1 aliphatic rings. The van der Waals surface area contributed by atoms with E-state index in [0.29, 0.717) is 0 Å². The van der Waals surface area contributed by atoms with Crippen LogP contribution in [0.3, 0.4) is 0 Å². The second kappa shape index (κ2) is 2.09. The SMILES string of the molecule is SN1CNc2ccccc21. The standard InChI is InChI=1S/C7H8N2S/c10-9-5-8-6-3-1-2-4-7(6)9/h1-4,8,10H,5H2. The maximum absolute atomic E-state index is 4.24. The Labute approximate surface area is 65.4 Å². The first-order chi connectivity index (χ1) is 4.88. The number of thiol groups is 1. The minimum absolute atomic E-state index is 0.794. The third kappa shape index (κ3) is 0.743. The van der Waals surface area contributed by atoms with Gasteiger partial charge in [-0.25, -0.2) is 0 Å². The summed E-state index contributed by atoms with van der Waals surface area (Å²) in [5.41, 5.74) is 2.32. The number of benzene rings is 1. The molecule has 0 radical (unpaired) electrons. The van der Waals surface area contributed by atoms with Crippen molar-refractivity contribution in [2.24, 2.45) is 0 Å². The second-order valence-electron chi connectivity index (χ2n) is 2.25. The monoisotopic (exact) mass is 152 g/mol. The van der Waals surface area contributed by atoms with Gasteiger partial charge in [-0.15, -0.1) is 0 Å². The zero-order chi connectivity index (χ0) is 6.97. The highest BCUT2D eigenvalue weighted by Crippen LogP contribution is 2.31. The summed E-state index contributed by atoms with van der Waals surface area (Å²) in [5, 5.41) is 3.20. The number of nitrogens with one attached hydrogen (secondary N) is 1. The molecule has 1 heterocycles. The number of fused-ring (bicyclic) bond motifs is 1. The first-order valence-corrected chi connectivity index (χ1v) is 3.57. The van der Waals surface area contributed by atoms with E-state index in [4.69, 9.17) is 0 Å². The molecule has 0 amide bonds. The van der Waals surface area contributed by atoms with Crippen LogP contribution in [0.5, 0.6) is 0 Å². The second-order valence-corrected chi connectivity index (χ2v) is 2.73. The molecule has 0 saturated carbocycles. The van der Waals surface area contributed by atoms with Crippen LogP contribution in [0.25, 0.3) is 0 Å². The number of nitrogens with zero attached hydrogens (tertiary/aromatic N) is 1. The van der Waals surface area contributed by atoms with Crippen LogP contribution >= 0.6 is 12.8 Å². The molecule has 1 aromatic rings. The van der Waals surface area contributed by atoms with Gasteiger partial charge in [-0.05, 0) is 12.1 Å². The topological polar surface area (TPSA) is 15.3 Å². The van der Waals surface area contributed by atoms with Crippen molar-refractivity contribution in [2.75, 3.05) is 16.3 Å². The van der Waals surface area contributed by atoms with E-state index in [1.165, 1.54) is 0 Å². The lowest BCUT2D eigenvalue weighted by molar-refractivity contribution is 1.21. The molecule has 0 saturated heterocycles. The molecular formula is C7H8N2S. The number of rotatable bonds is 0. The van der Waals surface area contributed by atoms with Gasteiger partial charge in [0.1, 0.15) is 0 Å². The van der Waals surface area contributed by atoms with Gasteiger partial charge in [-0.1, -0.05) is 24.9 Å². The molecule has 0 bridgehead atoms. The fourth-order valence-corrected chi connectivity index (χ4v) is 1.34. The van der Waals surface area contributed by atoms with Crippen molar-refractivity contribution >= 4 is 24.2 Å². The van der Waals surface area contributed by atoms with Crippen molar-refractivity contribution in [1.29, 1.82) is 0 Å². The van der Waals surface area contributed by atoms with Crippen LogP contribution in [0.2, 0.25) is 0 Å². The van der Waals surface area contributed by atoms with Crippen molar-refractivity contribution < 1.29 is 0 Å². The van der Waals surface area contributed by atoms with E-state index in [-0.39, 0.29) is 0 Å². The van der Waals surface area contributed by atoms with Crippen LogP contribution < -0.4 is 9.62 Å². The van der Waals surface area contributed by atoms with Crippen molar-refractivity contribution in [3.8, 4) is 0 Å². The normalized spacial score (nSPS) is 14.7. The largest absolute Gasteiger partial charge is 0.365 e. The average Bonchev–Trinajstić information content (AvgIpc) is 2.34. The van der Waals surface area contributed by atoms with E-state index >= 15 is 0 Å². The van der Waals surface area contributed by atoms with Gasteiger partial charge in [0.15, 0.2) is 0 Å². The first kappa shape index (κ1) is 5.92. The van der Waals surface area contributed by atoms with Gasteiger partial charge < -0.3 is 5.32 Å². The lowest BCUT2D eigenvalue weighted by Gasteiger charge is -2.06. The zero-order valence-electron chi connectivity index (χ0n) is 5.41. The maximum Gasteiger partial charge on any atom is 0.0983 e. The molecule has 1 aromatic carbocycles. The summed E-state index contributed by atoms with van der Waals surface area (Å²) in [6.07, 6.45) is 0. The molecule has 3 heteroatoms. The van der Waals surface area contributed by atoms with E-state index in [9.17, 15) is 0 Å². The van der Waals surface area contributed by atoms with Crippen molar-refractivity contribution in [3.63, 3.8) is 0 Å². The van der Waals surface area contributed by atoms with E-state index in [2.05, 4.69) is 18.1 Å². The van der Waals surface area contributed by atoms with Gasteiger partial charge in [0.05, 0.1) is 18.0 Å². The predicted molar refractivity (Wildman–Crippen MR) is 46.4 cm³/mol. The Hall–Kier alpha value is -0.830. The number of anilines is 2. The molecule has 0 aromatic heterocycles. The molecule has 2 nitrogen and oxygen atoms in total. The lowest BCUT2D eigenvalue weighted by atomic mass is 10.3. The Bertz CT molecular complexity index is 249. The Balaban J connectivity index is 2.51. The van der Waals surface area contributed by atoms with Crippen LogP contribution in [-0.4, -0.2) is 6.67 Å². The fraction of sp³-hybridized carbons (Fsp3) is 0.143. The van der Waals surface area contributed by atoms with Crippen LogP contribution in [0.15, 0.2) is 24.3 Å². The van der Waals surface area contributed by atoms with E-state index in [1.807, 2.05) is 28.6 Å². The summed E-state index contributed by atoms with van der Waals surface area (Å²) in [6, 6.07) is 8.11. The summed E-state index contributed by atoms with van der Waals surface area (Å²) < 4.78 is 1.88. The van der Waals surface area contributed by atoms with E-state index < -0.39 is 0 Å². The summed E-state index contributed by atoms with van der Waals surface area (Å²) in [5.74, 6) is 0. The fourth-order valence-electron chi connectivity index (χ4n) is 1.09. The molecule has 52 valence electrons. The average molecular weight is 152 g/mol. The van der Waals surface area contributed by atoms with Crippen LogP contribution in [-0.2, 0) is 0 Å². The third-order valence-electron chi connectivity index (χ3n) is 1.60. The van der Waals surface area contributed by atoms with Crippen LogP contribution in [0.4, 0.5) is 11.4 Å². The first-order valence-electron chi connectivity index (χ1n) is 3.17. The van der Waals surface area contributed by atoms with E-state index in [1.54, 1.807) is 0 Å². The Morgan fingerprint density at radius 3 is 3.00 bits per heavy atom. The number of hydrogen-bond acceptors (Lipinski definition) is 3. The van der Waals surface area contributed by atoms with Crippen molar-refractivity contribution in [3.05, 3.63) is 24.3 Å². The molecule has 2 rings (SSSR count). The highest BCUT2D eigenvalue weighted by molar-refractivity contribution is 7.81. The lowest BCUT2D eigenvalue weighted by Crippen LogP contribution is -2.09. The predicted octanol–water partition coefficient (Wildman–Crippen LogP) is 1.72. The van der Waals surface area contributed by atoms with E-state index in [0.717, 1.165) is 18.0 Å². The molecule has 0 atom stereocenters. The smallest absolute Gasteiger partial charge is 0.0983 e. The highest BCUT2D eigenvalue weighted by Gasteiger charge is 2.12. The molecule has 1 N–H and O–H groups in total. The highest BCUT2D eigenvalue weighted by atomic mass is 32.1. The van der Waals surface area contributed by atoms with Crippen molar-refractivity contribution in [1.82, 2.24) is 0 Å². The molecule has 0 fully saturated rings. The Morgan fingerprint density at radius 1 is 1.40 bits per heavy atom. The van der Waals surface area contributed by atoms with Gasteiger partial charge in [-0.3, -0.25) is 4.31 Å². The Kier molecular flexibility index (Phi) is 1.24. The molecule has 0 unspecified atom stereocenters. The summed E-state index contributed by atoms with van der Waals surface area (Å²) >= 11 is 4.24. The number of para-hydroxylation sites is 2. The summed E-state index contributed by atoms with van der Waals surface area (Å²) in [7, 11) is 0.